The van der Waals surface area contributed by atoms with Gasteiger partial charge < -0.3 is 14.8 Å². The second-order valence-electron chi connectivity index (χ2n) is 8.70. The van der Waals surface area contributed by atoms with Crippen LogP contribution >= 0.6 is 0 Å². The second-order valence-corrected chi connectivity index (χ2v) is 8.70. The summed E-state index contributed by atoms with van der Waals surface area (Å²) in [5.41, 5.74) is 4.51. The lowest BCUT2D eigenvalue weighted by atomic mass is 9.97. The predicted molar refractivity (Wildman–Crippen MR) is 135 cm³/mol. The number of nitrogens with one attached hydrogen (secondary N) is 1. The number of anilines is 2. The van der Waals surface area contributed by atoms with Crippen LogP contribution in [0.2, 0.25) is 0 Å². The smallest absolute Gasteiger partial charge is 0.282 e. The summed E-state index contributed by atoms with van der Waals surface area (Å²) >= 11 is 0. The van der Waals surface area contributed by atoms with Crippen LogP contribution in [0, 0.1) is 13.8 Å². The number of carbonyl (C=O) groups is 2. The molecular formula is C29H22N2O4. The lowest BCUT2D eigenvalue weighted by Crippen LogP contribution is -2.32. The maximum atomic E-state index is 13.9. The van der Waals surface area contributed by atoms with Gasteiger partial charge >= 0.3 is 0 Å². The largest absolute Gasteiger partial charge is 0.454 e. The van der Waals surface area contributed by atoms with Gasteiger partial charge in [0.1, 0.15) is 5.70 Å². The van der Waals surface area contributed by atoms with Gasteiger partial charge in [0.2, 0.25) is 6.79 Å². The average Bonchev–Trinajstić information content (AvgIpc) is 3.41. The highest BCUT2D eigenvalue weighted by Gasteiger charge is 2.41. The van der Waals surface area contributed by atoms with Gasteiger partial charge in [-0.3, -0.25) is 9.59 Å². The minimum absolute atomic E-state index is 0.112. The number of hydrogen-bond donors (Lipinski definition) is 1. The van der Waals surface area contributed by atoms with E-state index in [1.807, 2.05) is 74.5 Å². The second kappa shape index (κ2) is 8.02. The molecule has 0 aliphatic carbocycles. The van der Waals surface area contributed by atoms with Crippen LogP contribution in [-0.4, -0.2) is 18.6 Å². The fourth-order valence-electron chi connectivity index (χ4n) is 4.72. The predicted octanol–water partition coefficient (Wildman–Crippen LogP) is 5.58. The van der Waals surface area contributed by atoms with Crippen molar-refractivity contribution >= 4 is 39.5 Å². The number of rotatable bonds is 4. The van der Waals surface area contributed by atoms with E-state index in [9.17, 15) is 9.59 Å². The van der Waals surface area contributed by atoms with Crippen LogP contribution in [0.1, 0.15) is 16.7 Å². The summed E-state index contributed by atoms with van der Waals surface area (Å²) in [4.78, 5) is 28.9. The third-order valence-corrected chi connectivity index (χ3v) is 6.40. The Morgan fingerprint density at radius 2 is 1.60 bits per heavy atom. The zero-order valence-electron chi connectivity index (χ0n) is 19.3. The maximum Gasteiger partial charge on any atom is 0.282 e. The molecule has 2 amide bonds. The van der Waals surface area contributed by atoms with E-state index in [0.717, 1.165) is 33.2 Å². The molecule has 4 aromatic rings. The number of aryl methyl sites for hydroxylation is 2. The highest BCUT2D eigenvalue weighted by atomic mass is 16.7. The summed E-state index contributed by atoms with van der Waals surface area (Å²) in [7, 11) is 0. The molecule has 0 saturated carbocycles. The van der Waals surface area contributed by atoms with E-state index in [-0.39, 0.29) is 18.4 Å². The van der Waals surface area contributed by atoms with Gasteiger partial charge in [-0.15, -0.1) is 0 Å². The van der Waals surface area contributed by atoms with Crippen LogP contribution in [-0.2, 0) is 9.59 Å². The summed E-state index contributed by atoms with van der Waals surface area (Å²) in [5, 5.41) is 5.32. The first-order chi connectivity index (χ1) is 17.0. The van der Waals surface area contributed by atoms with Crippen LogP contribution in [0.3, 0.4) is 0 Å². The quantitative estimate of drug-likeness (QED) is 0.401. The number of benzene rings is 4. The van der Waals surface area contributed by atoms with Crippen molar-refractivity contribution in [2.75, 3.05) is 17.0 Å². The Hall–Kier alpha value is -4.58. The molecule has 0 saturated heterocycles. The lowest BCUT2D eigenvalue weighted by Gasteiger charge is -2.16. The molecule has 4 aromatic carbocycles. The highest BCUT2D eigenvalue weighted by Crippen LogP contribution is 2.40. The van der Waals surface area contributed by atoms with Crippen LogP contribution in [0.15, 0.2) is 84.6 Å². The van der Waals surface area contributed by atoms with E-state index in [4.69, 9.17) is 9.47 Å². The van der Waals surface area contributed by atoms with Crippen molar-refractivity contribution in [3.63, 3.8) is 0 Å². The fraction of sp³-hybridized carbons (Fsp3) is 0.103. The summed E-state index contributed by atoms with van der Waals surface area (Å²) in [5.74, 6) is 0.288. The SMILES string of the molecule is Cc1ccc(C2=C(Nc3cccc4ccccc34)C(=O)N(c3ccc4c(c3)OCO4)C2=O)c(C)c1. The van der Waals surface area contributed by atoms with Crippen molar-refractivity contribution in [1.29, 1.82) is 0 Å². The first kappa shape index (κ1) is 21.0. The molecule has 2 aliphatic rings. The first-order valence-corrected chi connectivity index (χ1v) is 11.4. The van der Waals surface area contributed by atoms with Gasteiger partial charge in [-0.2, -0.15) is 0 Å². The van der Waals surface area contributed by atoms with Crippen molar-refractivity contribution < 1.29 is 19.1 Å². The van der Waals surface area contributed by atoms with E-state index in [2.05, 4.69) is 5.32 Å². The molecule has 0 unspecified atom stereocenters. The Morgan fingerprint density at radius 3 is 2.46 bits per heavy atom. The Morgan fingerprint density at radius 1 is 0.800 bits per heavy atom. The molecule has 2 heterocycles. The molecular weight excluding hydrogens is 440 g/mol. The van der Waals surface area contributed by atoms with E-state index in [1.54, 1.807) is 18.2 Å². The standard InChI is InChI=1S/C29H22N2O4/c1-17-10-12-21(18(2)14-17)26-27(30-23-9-5-7-19-6-3-4-8-22(19)23)29(33)31(28(26)32)20-11-13-24-25(15-20)35-16-34-24/h3-15,30H,16H2,1-2H3. The van der Waals surface area contributed by atoms with Gasteiger partial charge in [-0.1, -0.05) is 60.2 Å². The van der Waals surface area contributed by atoms with Gasteiger partial charge in [-0.05, 0) is 48.6 Å². The van der Waals surface area contributed by atoms with Crippen LogP contribution in [0.5, 0.6) is 11.5 Å². The topological polar surface area (TPSA) is 67.9 Å². The van der Waals surface area contributed by atoms with Crippen molar-refractivity contribution in [3.8, 4) is 11.5 Å². The molecule has 0 atom stereocenters. The molecule has 0 spiro atoms. The Balaban J connectivity index is 1.51. The Bertz CT molecular complexity index is 1570. The first-order valence-electron chi connectivity index (χ1n) is 11.4. The number of nitrogens with zero attached hydrogens (tertiary/aromatic N) is 1. The molecule has 0 aromatic heterocycles. The molecule has 2 aliphatic heterocycles. The molecule has 1 N–H and O–H groups in total. The number of amides is 2. The summed E-state index contributed by atoms with van der Waals surface area (Å²) in [6.07, 6.45) is 0. The third kappa shape index (κ3) is 3.42. The summed E-state index contributed by atoms with van der Waals surface area (Å²) in [6, 6.07) is 24.7. The zero-order valence-corrected chi connectivity index (χ0v) is 19.3. The van der Waals surface area contributed by atoms with Crippen LogP contribution < -0.4 is 19.7 Å². The van der Waals surface area contributed by atoms with E-state index < -0.39 is 5.91 Å². The van der Waals surface area contributed by atoms with Gasteiger partial charge in [0.15, 0.2) is 11.5 Å². The zero-order chi connectivity index (χ0) is 24.1. The minimum atomic E-state index is -0.420. The van der Waals surface area contributed by atoms with Gasteiger partial charge in [0.25, 0.3) is 11.8 Å². The van der Waals surface area contributed by atoms with Gasteiger partial charge in [0.05, 0.1) is 11.3 Å². The monoisotopic (exact) mass is 462 g/mol. The highest BCUT2D eigenvalue weighted by molar-refractivity contribution is 6.46. The maximum absolute atomic E-state index is 13.9. The molecule has 6 heteroatoms. The molecule has 35 heavy (non-hydrogen) atoms. The number of hydrogen-bond acceptors (Lipinski definition) is 5. The Kier molecular flexibility index (Phi) is 4.81. The Labute approximate surface area is 202 Å². The van der Waals surface area contributed by atoms with E-state index in [1.165, 1.54) is 4.90 Å². The minimum Gasteiger partial charge on any atom is -0.454 e. The fourth-order valence-corrected chi connectivity index (χ4v) is 4.72. The molecule has 0 bridgehead atoms. The van der Waals surface area contributed by atoms with Crippen molar-refractivity contribution in [1.82, 2.24) is 0 Å². The molecule has 6 nitrogen and oxygen atoms in total. The third-order valence-electron chi connectivity index (χ3n) is 6.40. The van der Waals surface area contributed by atoms with Crippen molar-refractivity contribution in [3.05, 3.63) is 101 Å². The van der Waals surface area contributed by atoms with Gasteiger partial charge in [-0.25, -0.2) is 4.90 Å². The normalized spacial score (nSPS) is 14.9. The number of imide groups is 1. The summed E-state index contributed by atoms with van der Waals surface area (Å²) in [6.45, 7) is 4.06. The van der Waals surface area contributed by atoms with Gasteiger partial charge in [0, 0.05) is 17.1 Å². The molecule has 6 rings (SSSR count). The lowest BCUT2D eigenvalue weighted by molar-refractivity contribution is -0.120. The molecule has 172 valence electrons. The number of ether oxygens (including phenoxy) is 2. The summed E-state index contributed by atoms with van der Waals surface area (Å²) < 4.78 is 10.9. The van der Waals surface area contributed by atoms with E-state index in [0.29, 0.717) is 22.8 Å². The average molecular weight is 463 g/mol. The van der Waals surface area contributed by atoms with Crippen LogP contribution in [0.4, 0.5) is 11.4 Å². The molecule has 0 fully saturated rings. The van der Waals surface area contributed by atoms with Crippen molar-refractivity contribution in [2.24, 2.45) is 0 Å². The number of fused-ring (bicyclic) bond motifs is 2. The molecule has 0 radical (unpaired) electrons. The van der Waals surface area contributed by atoms with Crippen molar-refractivity contribution in [2.45, 2.75) is 13.8 Å². The van der Waals surface area contributed by atoms with E-state index >= 15 is 0 Å². The van der Waals surface area contributed by atoms with Crippen LogP contribution in [0.25, 0.3) is 16.3 Å². The number of carbonyl (C=O) groups excluding carboxylic acids is 2.